The maximum atomic E-state index is 13.0. The molecule has 2 N–H and O–H groups in total. The summed E-state index contributed by atoms with van der Waals surface area (Å²) >= 11 is 0. The molecule has 0 bridgehead atoms. The number of hydrogen-bond donors (Lipinski definition) is 1. The molecule has 0 saturated carbocycles. The van der Waals surface area contributed by atoms with E-state index in [1.807, 2.05) is 0 Å². The summed E-state index contributed by atoms with van der Waals surface area (Å²) in [7, 11) is 0. The number of alkyl halides is 6. The topological polar surface area (TPSA) is 26.0 Å². The van der Waals surface area contributed by atoms with Gasteiger partial charge in [-0.1, -0.05) is 30.3 Å². The predicted octanol–water partition coefficient (Wildman–Crippen LogP) is 4.85. The van der Waals surface area contributed by atoms with E-state index < -0.39 is 23.5 Å². The molecule has 22 heavy (non-hydrogen) atoms. The van der Waals surface area contributed by atoms with E-state index in [2.05, 4.69) is 0 Å². The van der Waals surface area contributed by atoms with Crippen molar-refractivity contribution in [2.75, 3.05) is 0 Å². The summed E-state index contributed by atoms with van der Waals surface area (Å²) in [5.74, 6) is 0. The van der Waals surface area contributed by atoms with Crippen LogP contribution < -0.4 is 5.73 Å². The lowest BCUT2D eigenvalue weighted by Crippen LogP contribution is -2.12. The van der Waals surface area contributed by atoms with Crippen LogP contribution in [0.2, 0.25) is 0 Å². The monoisotopic (exact) mass is 319 g/mol. The van der Waals surface area contributed by atoms with Crippen LogP contribution in [0.4, 0.5) is 26.3 Å². The largest absolute Gasteiger partial charge is 0.417 e. The molecule has 118 valence electrons. The second-order valence-corrected chi connectivity index (χ2v) is 4.62. The fraction of sp³-hybridized carbons (Fsp3) is 0.200. The van der Waals surface area contributed by atoms with Crippen LogP contribution >= 0.6 is 0 Å². The molecule has 0 atom stereocenters. The lowest BCUT2D eigenvalue weighted by Gasteiger charge is -2.16. The van der Waals surface area contributed by atoms with Crippen LogP contribution in [0.5, 0.6) is 0 Å². The molecule has 0 fully saturated rings. The molecule has 2 aromatic rings. The highest BCUT2D eigenvalue weighted by Crippen LogP contribution is 2.39. The molecule has 0 aromatic heterocycles. The van der Waals surface area contributed by atoms with Gasteiger partial charge in [0.05, 0.1) is 11.1 Å². The molecule has 0 heterocycles. The molecule has 1 nitrogen and oxygen atoms in total. The number of rotatable bonds is 2. The zero-order valence-corrected chi connectivity index (χ0v) is 11.1. The van der Waals surface area contributed by atoms with E-state index in [4.69, 9.17) is 5.73 Å². The van der Waals surface area contributed by atoms with Crippen molar-refractivity contribution in [2.24, 2.45) is 5.73 Å². The summed E-state index contributed by atoms with van der Waals surface area (Å²) in [5.41, 5.74) is 2.63. The third kappa shape index (κ3) is 3.24. The van der Waals surface area contributed by atoms with Crippen LogP contribution in [0.25, 0.3) is 11.1 Å². The van der Waals surface area contributed by atoms with Gasteiger partial charge in [0, 0.05) is 6.54 Å². The smallest absolute Gasteiger partial charge is 0.326 e. The lowest BCUT2D eigenvalue weighted by atomic mass is 9.95. The average molecular weight is 319 g/mol. The summed E-state index contributed by atoms with van der Waals surface area (Å²) in [4.78, 5) is 0. The Labute approximate surface area is 122 Å². The lowest BCUT2D eigenvalue weighted by molar-refractivity contribution is -0.138. The average Bonchev–Trinajstić information content (AvgIpc) is 2.45. The van der Waals surface area contributed by atoms with Crippen molar-refractivity contribution in [3.8, 4) is 11.1 Å². The van der Waals surface area contributed by atoms with E-state index in [0.717, 1.165) is 18.2 Å². The Balaban J connectivity index is 2.65. The van der Waals surface area contributed by atoms with Crippen molar-refractivity contribution >= 4 is 0 Å². The van der Waals surface area contributed by atoms with Gasteiger partial charge < -0.3 is 5.73 Å². The molecule has 0 aliphatic carbocycles. The second-order valence-electron chi connectivity index (χ2n) is 4.62. The van der Waals surface area contributed by atoms with Crippen molar-refractivity contribution in [2.45, 2.75) is 18.9 Å². The Kier molecular flexibility index (Phi) is 4.19. The number of benzene rings is 2. The van der Waals surface area contributed by atoms with Gasteiger partial charge in [-0.25, -0.2) is 0 Å². The molecular weight excluding hydrogens is 308 g/mol. The molecule has 2 rings (SSSR count). The van der Waals surface area contributed by atoms with Gasteiger partial charge in [0.25, 0.3) is 0 Å². The molecule has 2 aromatic carbocycles. The molecule has 0 saturated heterocycles. The van der Waals surface area contributed by atoms with Gasteiger partial charge >= 0.3 is 12.4 Å². The number of nitrogens with two attached hydrogens (primary N) is 1. The van der Waals surface area contributed by atoms with Crippen molar-refractivity contribution in [1.29, 1.82) is 0 Å². The molecule has 0 aliphatic heterocycles. The minimum Gasteiger partial charge on any atom is -0.326 e. The van der Waals surface area contributed by atoms with E-state index in [9.17, 15) is 26.3 Å². The van der Waals surface area contributed by atoms with Gasteiger partial charge in [-0.2, -0.15) is 26.3 Å². The third-order valence-electron chi connectivity index (χ3n) is 3.18. The molecular formula is C15H11F6N. The molecule has 0 aliphatic rings. The highest BCUT2D eigenvalue weighted by molar-refractivity contribution is 5.69. The van der Waals surface area contributed by atoms with Gasteiger partial charge in [0.1, 0.15) is 0 Å². The molecule has 0 amide bonds. The van der Waals surface area contributed by atoms with Gasteiger partial charge in [-0.3, -0.25) is 0 Å². The summed E-state index contributed by atoms with van der Waals surface area (Å²) < 4.78 is 77.9. The van der Waals surface area contributed by atoms with Crippen LogP contribution in [0.3, 0.4) is 0 Å². The Morgan fingerprint density at radius 3 is 1.91 bits per heavy atom. The zero-order chi connectivity index (χ0) is 16.5. The number of hydrogen-bond acceptors (Lipinski definition) is 1. The van der Waals surface area contributed by atoms with E-state index >= 15 is 0 Å². The highest BCUT2D eigenvalue weighted by atomic mass is 19.4. The quantitative estimate of drug-likeness (QED) is 0.787. The van der Waals surface area contributed by atoms with Crippen LogP contribution in [0.15, 0.2) is 42.5 Å². The third-order valence-corrected chi connectivity index (χ3v) is 3.18. The SMILES string of the molecule is NCc1ccc(-c2ccccc2C(F)(F)F)cc1C(F)(F)F. The Morgan fingerprint density at radius 2 is 1.36 bits per heavy atom. The van der Waals surface area contributed by atoms with Crippen molar-refractivity contribution < 1.29 is 26.3 Å². The number of halogens is 6. The van der Waals surface area contributed by atoms with E-state index in [1.54, 1.807) is 0 Å². The van der Waals surface area contributed by atoms with Gasteiger partial charge in [-0.15, -0.1) is 0 Å². The molecule has 0 spiro atoms. The van der Waals surface area contributed by atoms with Crippen LogP contribution in [-0.2, 0) is 18.9 Å². The maximum absolute atomic E-state index is 13.0. The first kappa shape index (κ1) is 16.4. The summed E-state index contributed by atoms with van der Waals surface area (Å²) in [6.07, 6.45) is -9.33. The van der Waals surface area contributed by atoms with E-state index in [0.29, 0.717) is 6.07 Å². The van der Waals surface area contributed by atoms with Gasteiger partial charge in [0.2, 0.25) is 0 Å². The van der Waals surface area contributed by atoms with Crippen molar-refractivity contribution in [3.05, 3.63) is 59.2 Å². The second kappa shape index (κ2) is 5.64. The van der Waals surface area contributed by atoms with E-state index in [1.165, 1.54) is 18.2 Å². The van der Waals surface area contributed by atoms with Gasteiger partial charge in [-0.05, 0) is 28.8 Å². The normalized spacial score (nSPS) is 12.5. The molecule has 0 radical (unpaired) electrons. The zero-order valence-electron chi connectivity index (χ0n) is 11.1. The van der Waals surface area contributed by atoms with Gasteiger partial charge in [0.15, 0.2) is 0 Å². The van der Waals surface area contributed by atoms with Crippen molar-refractivity contribution in [1.82, 2.24) is 0 Å². The Bertz CT molecular complexity index is 672. The Hall–Kier alpha value is -2.02. The minimum absolute atomic E-state index is 0.155. The van der Waals surface area contributed by atoms with Crippen LogP contribution in [0.1, 0.15) is 16.7 Å². The Morgan fingerprint density at radius 1 is 0.773 bits per heavy atom. The summed E-state index contributed by atoms with van der Waals surface area (Å²) in [6.45, 7) is -0.351. The highest BCUT2D eigenvalue weighted by Gasteiger charge is 2.36. The maximum Gasteiger partial charge on any atom is 0.417 e. The fourth-order valence-corrected chi connectivity index (χ4v) is 2.17. The first-order valence-electron chi connectivity index (χ1n) is 6.21. The minimum atomic E-state index is -4.68. The van der Waals surface area contributed by atoms with Crippen molar-refractivity contribution in [3.63, 3.8) is 0 Å². The standard InChI is InChI=1S/C15H11F6N/c16-14(17,18)12-4-2-1-3-11(12)9-5-6-10(8-22)13(7-9)15(19,20)21/h1-7H,8,22H2. The van der Waals surface area contributed by atoms with Crippen LogP contribution in [0, 0.1) is 0 Å². The summed E-state index contributed by atoms with van der Waals surface area (Å²) in [5, 5.41) is 0. The summed E-state index contributed by atoms with van der Waals surface area (Å²) in [6, 6.07) is 7.51. The van der Waals surface area contributed by atoms with Crippen LogP contribution in [-0.4, -0.2) is 0 Å². The first-order valence-corrected chi connectivity index (χ1v) is 6.21. The first-order chi connectivity index (χ1) is 10.1. The van der Waals surface area contributed by atoms with E-state index in [-0.39, 0.29) is 23.2 Å². The fourth-order valence-electron chi connectivity index (χ4n) is 2.17. The molecule has 0 unspecified atom stereocenters. The predicted molar refractivity (Wildman–Crippen MR) is 69.8 cm³/mol. The molecule has 7 heteroatoms.